The normalized spacial score (nSPS) is 12.2. The number of hydrogen-bond donors (Lipinski definition) is 0. The molecule has 0 atom stereocenters. The summed E-state index contributed by atoms with van der Waals surface area (Å²) in [4.78, 5) is 24.6. The van der Waals surface area contributed by atoms with Crippen LogP contribution in [-0.2, 0) is 16.0 Å². The number of hydrogen-bond acceptors (Lipinski definition) is 6. The van der Waals surface area contributed by atoms with E-state index in [1.165, 1.54) is 11.3 Å². The van der Waals surface area contributed by atoms with E-state index < -0.39 is 5.97 Å². The van der Waals surface area contributed by atoms with E-state index in [-0.39, 0.29) is 25.6 Å². The van der Waals surface area contributed by atoms with Gasteiger partial charge in [0, 0.05) is 28.7 Å². The fourth-order valence-corrected chi connectivity index (χ4v) is 3.97. The molecule has 0 spiro atoms. The third-order valence-electron chi connectivity index (χ3n) is 4.64. The van der Waals surface area contributed by atoms with Crippen LogP contribution in [0.5, 0.6) is 11.5 Å². The van der Waals surface area contributed by atoms with Crippen LogP contribution >= 0.6 is 11.3 Å². The summed E-state index contributed by atoms with van der Waals surface area (Å²) in [5.41, 5.74) is 4.01. The number of thiophene rings is 1. The number of fused-ring (bicyclic) bond motifs is 1. The molecule has 144 valence electrons. The number of rotatable bonds is 6. The molecular weight excluding hydrogens is 378 g/mol. The predicted molar refractivity (Wildman–Crippen MR) is 105 cm³/mol. The van der Waals surface area contributed by atoms with Gasteiger partial charge in [-0.1, -0.05) is 0 Å². The van der Waals surface area contributed by atoms with E-state index in [1.807, 2.05) is 59.5 Å². The smallest absolute Gasteiger partial charge is 0.310 e. The molecule has 0 unspecified atom stereocenters. The van der Waals surface area contributed by atoms with Gasteiger partial charge in [-0.3, -0.25) is 9.59 Å². The van der Waals surface area contributed by atoms with Gasteiger partial charge in [0.25, 0.3) is 0 Å². The zero-order valence-corrected chi connectivity index (χ0v) is 16.4. The van der Waals surface area contributed by atoms with Crippen LogP contribution in [0.25, 0.3) is 5.69 Å². The molecule has 0 amide bonds. The fraction of sp³-hybridized carbons (Fsp3) is 0.238. The Balaban J connectivity index is 1.49. The van der Waals surface area contributed by atoms with Gasteiger partial charge >= 0.3 is 5.97 Å². The number of nitrogens with zero attached hydrogens (tertiary/aromatic N) is 1. The largest absolute Gasteiger partial charge is 0.457 e. The van der Waals surface area contributed by atoms with Crippen LogP contribution in [-0.4, -0.2) is 29.7 Å². The summed E-state index contributed by atoms with van der Waals surface area (Å²) in [6.07, 6.45) is 0.174. The van der Waals surface area contributed by atoms with Crippen LogP contribution in [0.4, 0.5) is 0 Å². The second-order valence-electron chi connectivity index (χ2n) is 6.55. The molecule has 1 aliphatic heterocycles. The van der Waals surface area contributed by atoms with Crippen molar-refractivity contribution in [1.82, 2.24) is 4.57 Å². The number of aryl methyl sites for hydroxylation is 1. The van der Waals surface area contributed by atoms with Crippen molar-refractivity contribution in [3.05, 3.63) is 63.6 Å². The summed E-state index contributed by atoms with van der Waals surface area (Å²) in [5.74, 6) is 0.760. The van der Waals surface area contributed by atoms with Crippen molar-refractivity contribution in [2.75, 3.05) is 13.4 Å². The topological polar surface area (TPSA) is 66.8 Å². The first-order valence-corrected chi connectivity index (χ1v) is 9.76. The zero-order valence-electron chi connectivity index (χ0n) is 15.6. The molecule has 1 aromatic carbocycles. The molecule has 3 aromatic rings. The quantitative estimate of drug-likeness (QED) is 0.467. The molecule has 1 aliphatic rings. The molecule has 2 aromatic heterocycles. The van der Waals surface area contributed by atoms with E-state index in [2.05, 4.69) is 0 Å². The lowest BCUT2D eigenvalue weighted by atomic mass is 10.1. The third kappa shape index (κ3) is 3.53. The second kappa shape index (κ2) is 7.52. The van der Waals surface area contributed by atoms with Crippen molar-refractivity contribution in [3.8, 4) is 17.2 Å². The summed E-state index contributed by atoms with van der Waals surface area (Å²) in [5, 5.41) is 3.79. The number of benzene rings is 1. The molecule has 0 bridgehead atoms. The van der Waals surface area contributed by atoms with Crippen LogP contribution in [0.1, 0.15) is 27.3 Å². The summed E-state index contributed by atoms with van der Waals surface area (Å²) < 4.78 is 17.9. The number of aromatic nitrogens is 1. The standard InChI is InChI=1S/C21H19NO5S/c1-13-7-17(18(23)10-25-21(24)8-15-5-6-28-11-15)14(2)22(13)16-3-4-19-20(9-16)27-12-26-19/h3-7,9,11H,8,10,12H2,1-2H3. The molecular formula is C21H19NO5S. The highest BCUT2D eigenvalue weighted by Gasteiger charge is 2.20. The Kier molecular flexibility index (Phi) is 4.92. The Morgan fingerprint density at radius 1 is 1.14 bits per heavy atom. The molecule has 6 nitrogen and oxygen atoms in total. The monoisotopic (exact) mass is 397 g/mol. The number of ether oxygens (including phenoxy) is 3. The lowest BCUT2D eigenvalue weighted by Gasteiger charge is -2.11. The van der Waals surface area contributed by atoms with Gasteiger partial charge in [0.05, 0.1) is 6.42 Å². The van der Waals surface area contributed by atoms with E-state index in [1.54, 1.807) is 0 Å². The van der Waals surface area contributed by atoms with Crippen molar-refractivity contribution >= 4 is 23.1 Å². The molecule has 0 aliphatic carbocycles. The highest BCUT2D eigenvalue weighted by Crippen LogP contribution is 2.34. The molecule has 0 N–H and O–H groups in total. The third-order valence-corrected chi connectivity index (χ3v) is 5.37. The number of carbonyl (C=O) groups is 2. The SMILES string of the molecule is Cc1cc(C(=O)COC(=O)Cc2ccsc2)c(C)n1-c1ccc2c(c1)OCO2. The van der Waals surface area contributed by atoms with Crippen LogP contribution in [0.2, 0.25) is 0 Å². The number of ketones is 1. The van der Waals surface area contributed by atoms with Gasteiger partial charge in [0.15, 0.2) is 18.1 Å². The maximum atomic E-state index is 12.6. The van der Waals surface area contributed by atoms with Crippen LogP contribution < -0.4 is 9.47 Å². The van der Waals surface area contributed by atoms with Crippen molar-refractivity contribution in [3.63, 3.8) is 0 Å². The molecule has 3 heterocycles. The van der Waals surface area contributed by atoms with Crippen LogP contribution in [0.15, 0.2) is 41.1 Å². The Labute approximate surface area is 166 Å². The predicted octanol–water partition coefficient (Wildman–Crippen LogP) is 3.85. The van der Waals surface area contributed by atoms with Gasteiger partial charge in [0.2, 0.25) is 12.6 Å². The van der Waals surface area contributed by atoms with Gasteiger partial charge in [-0.05, 0) is 54.4 Å². The van der Waals surface area contributed by atoms with Crippen molar-refractivity contribution in [1.29, 1.82) is 0 Å². The van der Waals surface area contributed by atoms with E-state index in [0.29, 0.717) is 17.1 Å². The van der Waals surface area contributed by atoms with Crippen molar-refractivity contribution in [2.45, 2.75) is 20.3 Å². The molecule has 0 saturated heterocycles. The Bertz CT molecular complexity index is 1040. The minimum absolute atomic E-state index is 0.174. The minimum Gasteiger partial charge on any atom is -0.457 e. The lowest BCUT2D eigenvalue weighted by molar-refractivity contribution is -0.141. The Morgan fingerprint density at radius 2 is 1.96 bits per heavy atom. The van der Waals surface area contributed by atoms with E-state index in [4.69, 9.17) is 14.2 Å². The maximum Gasteiger partial charge on any atom is 0.310 e. The van der Waals surface area contributed by atoms with Crippen molar-refractivity contribution < 1.29 is 23.8 Å². The van der Waals surface area contributed by atoms with E-state index >= 15 is 0 Å². The highest BCUT2D eigenvalue weighted by atomic mass is 32.1. The Morgan fingerprint density at radius 3 is 2.75 bits per heavy atom. The maximum absolute atomic E-state index is 12.6. The van der Waals surface area contributed by atoms with Gasteiger partial charge in [-0.25, -0.2) is 0 Å². The number of esters is 1. The van der Waals surface area contributed by atoms with E-state index in [9.17, 15) is 9.59 Å². The average Bonchev–Trinajstić information content (AvgIpc) is 3.40. The summed E-state index contributed by atoms with van der Waals surface area (Å²) in [7, 11) is 0. The molecule has 4 rings (SSSR count). The van der Waals surface area contributed by atoms with Crippen molar-refractivity contribution in [2.24, 2.45) is 0 Å². The van der Waals surface area contributed by atoms with Crippen LogP contribution in [0.3, 0.4) is 0 Å². The Hall–Kier alpha value is -3.06. The number of Topliss-reactive ketones (excluding diaryl/α,β-unsaturated/α-hetero) is 1. The summed E-state index contributed by atoms with van der Waals surface area (Å²) >= 11 is 1.52. The average molecular weight is 397 g/mol. The van der Waals surface area contributed by atoms with E-state index in [0.717, 1.165) is 22.6 Å². The zero-order chi connectivity index (χ0) is 19.7. The summed E-state index contributed by atoms with van der Waals surface area (Å²) in [6.45, 7) is 3.74. The molecule has 7 heteroatoms. The second-order valence-corrected chi connectivity index (χ2v) is 7.33. The first-order valence-electron chi connectivity index (χ1n) is 8.82. The highest BCUT2D eigenvalue weighted by molar-refractivity contribution is 7.08. The molecule has 0 fully saturated rings. The number of carbonyl (C=O) groups excluding carboxylic acids is 2. The molecule has 0 saturated carbocycles. The summed E-state index contributed by atoms with van der Waals surface area (Å²) in [6, 6.07) is 9.34. The minimum atomic E-state index is -0.406. The first kappa shape index (κ1) is 18.3. The molecule has 28 heavy (non-hydrogen) atoms. The first-order chi connectivity index (χ1) is 13.5. The van der Waals surface area contributed by atoms with Gasteiger partial charge < -0.3 is 18.8 Å². The fourth-order valence-electron chi connectivity index (χ4n) is 3.30. The van der Waals surface area contributed by atoms with Crippen LogP contribution in [0, 0.1) is 13.8 Å². The van der Waals surface area contributed by atoms with Gasteiger partial charge in [-0.2, -0.15) is 11.3 Å². The molecule has 0 radical (unpaired) electrons. The van der Waals surface area contributed by atoms with Gasteiger partial charge in [0.1, 0.15) is 0 Å². The van der Waals surface area contributed by atoms with Gasteiger partial charge in [-0.15, -0.1) is 0 Å². The lowest BCUT2D eigenvalue weighted by Crippen LogP contribution is -2.16.